The fourth-order valence-corrected chi connectivity index (χ4v) is 5.14. The Morgan fingerprint density at radius 2 is 1.39 bits per heavy atom. The van der Waals surface area contributed by atoms with Crippen molar-refractivity contribution >= 4 is 11.8 Å². The molecule has 10 nitrogen and oxygen atoms in total. The number of rotatable bonds is 7. The number of ether oxygens (including phenoxy) is 1. The Kier molecular flexibility index (Phi) is 8.82. The first-order chi connectivity index (χ1) is 20.0. The van der Waals surface area contributed by atoms with Gasteiger partial charge in [0.2, 0.25) is 0 Å². The molecule has 0 spiro atoms. The van der Waals surface area contributed by atoms with Crippen molar-refractivity contribution in [3.63, 3.8) is 0 Å². The van der Waals surface area contributed by atoms with Gasteiger partial charge in [0.1, 0.15) is 11.9 Å². The Morgan fingerprint density at radius 1 is 0.805 bits per heavy atom. The summed E-state index contributed by atoms with van der Waals surface area (Å²) in [6.07, 6.45) is 3.03. The van der Waals surface area contributed by atoms with Gasteiger partial charge in [0.15, 0.2) is 11.4 Å². The van der Waals surface area contributed by atoms with Crippen LogP contribution in [0.5, 0.6) is 5.75 Å². The zero-order chi connectivity index (χ0) is 28.6. The second kappa shape index (κ2) is 13.0. The molecule has 1 N–H and O–H groups in total. The van der Waals surface area contributed by atoms with Crippen molar-refractivity contribution in [1.82, 2.24) is 25.3 Å². The van der Waals surface area contributed by atoms with Gasteiger partial charge in [-0.3, -0.25) is 14.5 Å². The van der Waals surface area contributed by atoms with Gasteiger partial charge >= 0.3 is 0 Å². The Balaban J connectivity index is 1.05. The van der Waals surface area contributed by atoms with Gasteiger partial charge in [-0.15, -0.1) is 10.2 Å². The predicted molar refractivity (Wildman–Crippen MR) is 150 cm³/mol. The van der Waals surface area contributed by atoms with Gasteiger partial charge in [-0.05, 0) is 66.9 Å². The molecule has 0 atom stereocenters. The molecular formula is C31H31N7O3. The van der Waals surface area contributed by atoms with E-state index in [1.807, 2.05) is 24.3 Å². The number of likely N-dealkylation sites (tertiary alicyclic amines) is 2. The molecule has 2 fully saturated rings. The zero-order valence-corrected chi connectivity index (χ0v) is 22.7. The monoisotopic (exact) mass is 549 g/mol. The molecule has 5 rings (SSSR count). The number of nitrogens with one attached hydrogen (secondary N) is 1. The second-order valence-electron chi connectivity index (χ2n) is 10.4. The van der Waals surface area contributed by atoms with Gasteiger partial charge in [-0.2, -0.15) is 10.5 Å². The number of nitriles is 2. The third-order valence-corrected chi connectivity index (χ3v) is 7.54. The fourth-order valence-electron chi connectivity index (χ4n) is 5.14. The van der Waals surface area contributed by atoms with Crippen molar-refractivity contribution in [3.8, 4) is 17.9 Å². The highest BCUT2D eigenvalue weighted by atomic mass is 16.5. The number of nitrogens with zero attached hydrogens (tertiary/aromatic N) is 6. The van der Waals surface area contributed by atoms with Gasteiger partial charge in [0, 0.05) is 51.6 Å². The standard InChI is InChI=1S/C31H31N7O3/c32-19-22-1-3-24(4-2-22)21-37-15-11-25(12-16-37)34-30(39)28-9-10-29(36-35-28)31(40)38-17-13-27(14-18-38)41-26-7-5-23(20-33)6-8-26/h1-10,25,27H,11-18,21H2,(H,34,39). The maximum Gasteiger partial charge on any atom is 0.274 e. The minimum atomic E-state index is -0.289. The van der Waals surface area contributed by atoms with Crippen LogP contribution in [0.4, 0.5) is 0 Å². The van der Waals surface area contributed by atoms with Crippen LogP contribution in [0.15, 0.2) is 60.7 Å². The summed E-state index contributed by atoms with van der Waals surface area (Å²) in [6.45, 7) is 3.61. The molecule has 0 unspecified atom stereocenters. The number of carbonyl (C=O) groups is 2. The van der Waals surface area contributed by atoms with E-state index in [0.29, 0.717) is 42.8 Å². The minimum Gasteiger partial charge on any atom is -0.490 e. The summed E-state index contributed by atoms with van der Waals surface area (Å²) in [4.78, 5) is 29.8. The van der Waals surface area contributed by atoms with Gasteiger partial charge in [0.25, 0.3) is 11.8 Å². The fraction of sp³-hybridized carbons (Fsp3) is 0.355. The Labute approximate surface area is 239 Å². The van der Waals surface area contributed by atoms with Crippen LogP contribution in [0.25, 0.3) is 0 Å². The molecule has 2 aromatic carbocycles. The lowest BCUT2D eigenvalue weighted by atomic mass is 10.0. The lowest BCUT2D eigenvalue weighted by molar-refractivity contribution is 0.0588. The van der Waals surface area contributed by atoms with E-state index in [1.54, 1.807) is 41.3 Å². The molecule has 3 heterocycles. The SMILES string of the molecule is N#Cc1ccc(CN2CCC(NC(=O)c3ccc(C(=O)N4CCC(Oc5ccc(C#N)cc5)CC4)nn3)CC2)cc1. The molecule has 0 radical (unpaired) electrons. The van der Waals surface area contributed by atoms with Crippen LogP contribution >= 0.6 is 0 Å². The first-order valence-corrected chi connectivity index (χ1v) is 13.8. The van der Waals surface area contributed by atoms with Crippen molar-refractivity contribution in [2.45, 2.75) is 44.4 Å². The van der Waals surface area contributed by atoms with Crippen LogP contribution in [0.3, 0.4) is 0 Å². The Morgan fingerprint density at radius 3 is 1.98 bits per heavy atom. The molecular weight excluding hydrogens is 518 g/mol. The lowest BCUT2D eigenvalue weighted by Crippen LogP contribution is -2.44. The normalized spacial score (nSPS) is 16.4. The maximum atomic E-state index is 13.0. The van der Waals surface area contributed by atoms with Crippen molar-refractivity contribution in [2.24, 2.45) is 0 Å². The zero-order valence-electron chi connectivity index (χ0n) is 22.7. The molecule has 0 saturated carbocycles. The molecule has 0 bridgehead atoms. The van der Waals surface area contributed by atoms with Crippen LogP contribution in [0.1, 0.15) is 63.4 Å². The van der Waals surface area contributed by atoms with E-state index >= 15 is 0 Å². The molecule has 2 aliphatic rings. The van der Waals surface area contributed by atoms with Gasteiger partial charge in [-0.25, -0.2) is 0 Å². The summed E-state index contributed by atoms with van der Waals surface area (Å²) < 4.78 is 6.00. The van der Waals surface area contributed by atoms with E-state index < -0.39 is 0 Å². The molecule has 3 aromatic rings. The highest BCUT2D eigenvalue weighted by Gasteiger charge is 2.26. The average molecular weight is 550 g/mol. The lowest BCUT2D eigenvalue weighted by Gasteiger charge is -2.32. The number of carbonyl (C=O) groups excluding carboxylic acids is 2. The number of hydrogen-bond acceptors (Lipinski definition) is 8. The van der Waals surface area contributed by atoms with Crippen LogP contribution < -0.4 is 10.1 Å². The number of piperidine rings is 2. The summed E-state index contributed by atoms with van der Waals surface area (Å²) in [5.74, 6) is 0.209. The molecule has 41 heavy (non-hydrogen) atoms. The molecule has 2 saturated heterocycles. The summed E-state index contributed by atoms with van der Waals surface area (Å²) in [5.41, 5.74) is 2.81. The number of amides is 2. The number of aromatic nitrogens is 2. The minimum absolute atomic E-state index is 0.00743. The van der Waals surface area contributed by atoms with E-state index in [1.165, 1.54) is 0 Å². The molecule has 2 aliphatic heterocycles. The van der Waals surface area contributed by atoms with E-state index in [9.17, 15) is 9.59 Å². The summed E-state index contributed by atoms with van der Waals surface area (Å²) in [6, 6.07) is 22.0. The van der Waals surface area contributed by atoms with Crippen LogP contribution in [-0.2, 0) is 6.54 Å². The van der Waals surface area contributed by atoms with Gasteiger partial charge in [-0.1, -0.05) is 12.1 Å². The third-order valence-electron chi connectivity index (χ3n) is 7.54. The second-order valence-corrected chi connectivity index (χ2v) is 10.4. The highest BCUT2D eigenvalue weighted by Crippen LogP contribution is 2.21. The van der Waals surface area contributed by atoms with Crippen molar-refractivity contribution in [1.29, 1.82) is 10.5 Å². The highest BCUT2D eigenvalue weighted by molar-refractivity contribution is 5.95. The van der Waals surface area contributed by atoms with E-state index in [4.69, 9.17) is 15.3 Å². The van der Waals surface area contributed by atoms with Gasteiger partial charge < -0.3 is 15.0 Å². The van der Waals surface area contributed by atoms with E-state index in [0.717, 1.165) is 38.0 Å². The molecule has 2 amide bonds. The van der Waals surface area contributed by atoms with Crippen LogP contribution in [0.2, 0.25) is 0 Å². The smallest absolute Gasteiger partial charge is 0.274 e. The van der Waals surface area contributed by atoms with Crippen molar-refractivity contribution in [2.75, 3.05) is 26.2 Å². The number of hydrogen-bond donors (Lipinski definition) is 1. The summed E-state index contributed by atoms with van der Waals surface area (Å²) in [5, 5.41) is 29.0. The first-order valence-electron chi connectivity index (χ1n) is 13.8. The van der Waals surface area contributed by atoms with E-state index in [-0.39, 0.29) is 35.3 Å². The summed E-state index contributed by atoms with van der Waals surface area (Å²) in [7, 11) is 0. The quantitative estimate of drug-likeness (QED) is 0.474. The largest absolute Gasteiger partial charge is 0.490 e. The average Bonchev–Trinajstić information content (AvgIpc) is 3.03. The predicted octanol–water partition coefficient (Wildman–Crippen LogP) is 3.30. The topological polar surface area (TPSA) is 135 Å². The first kappa shape index (κ1) is 27.8. The van der Waals surface area contributed by atoms with Crippen molar-refractivity contribution < 1.29 is 14.3 Å². The van der Waals surface area contributed by atoms with Crippen LogP contribution in [-0.4, -0.2) is 70.1 Å². The molecule has 1 aromatic heterocycles. The van der Waals surface area contributed by atoms with E-state index in [2.05, 4.69) is 32.6 Å². The van der Waals surface area contributed by atoms with Crippen molar-refractivity contribution in [3.05, 3.63) is 88.7 Å². The Hall–Kier alpha value is -4.80. The Bertz CT molecular complexity index is 1430. The molecule has 10 heteroatoms. The third kappa shape index (κ3) is 7.24. The summed E-state index contributed by atoms with van der Waals surface area (Å²) >= 11 is 0. The molecule has 0 aliphatic carbocycles. The van der Waals surface area contributed by atoms with Gasteiger partial charge in [0.05, 0.1) is 23.3 Å². The van der Waals surface area contributed by atoms with Crippen LogP contribution in [0, 0.1) is 22.7 Å². The number of benzene rings is 2. The maximum absolute atomic E-state index is 13.0. The molecule has 208 valence electrons.